The second-order valence-corrected chi connectivity index (χ2v) is 7.28. The Kier molecular flexibility index (Phi) is 7.28. The SMILES string of the molecule is Cc1cc(=O)oc2cc(OCC(=O)NC(CO)C(=O)NCc3ccc(Cl)cc3)ccc12. The van der Waals surface area contributed by atoms with Crippen molar-refractivity contribution in [1.82, 2.24) is 10.6 Å². The van der Waals surface area contributed by atoms with Crippen molar-refractivity contribution in [2.75, 3.05) is 13.2 Å². The van der Waals surface area contributed by atoms with Gasteiger partial charge < -0.3 is 24.9 Å². The fraction of sp³-hybridized carbons (Fsp3) is 0.227. The Morgan fingerprint density at radius 2 is 1.90 bits per heavy atom. The minimum atomic E-state index is -1.12. The summed E-state index contributed by atoms with van der Waals surface area (Å²) in [7, 11) is 0. The maximum absolute atomic E-state index is 12.2. The number of hydrogen-bond acceptors (Lipinski definition) is 6. The summed E-state index contributed by atoms with van der Waals surface area (Å²) in [5.41, 5.74) is 1.46. The molecule has 0 spiro atoms. The Balaban J connectivity index is 1.53. The second kappa shape index (κ2) is 10.1. The van der Waals surface area contributed by atoms with Crippen LogP contribution in [-0.4, -0.2) is 36.2 Å². The van der Waals surface area contributed by atoms with Crippen molar-refractivity contribution >= 4 is 34.4 Å². The molecule has 0 aliphatic heterocycles. The molecule has 0 radical (unpaired) electrons. The molecule has 0 saturated heterocycles. The zero-order chi connectivity index (χ0) is 22.4. The average Bonchev–Trinajstić information content (AvgIpc) is 2.75. The first-order valence-electron chi connectivity index (χ1n) is 9.45. The van der Waals surface area contributed by atoms with Crippen LogP contribution in [0.4, 0.5) is 0 Å². The third-order valence-corrected chi connectivity index (χ3v) is 4.76. The highest BCUT2D eigenvalue weighted by Crippen LogP contribution is 2.22. The van der Waals surface area contributed by atoms with Crippen molar-refractivity contribution < 1.29 is 23.8 Å². The molecule has 1 heterocycles. The van der Waals surface area contributed by atoms with Gasteiger partial charge in [-0.2, -0.15) is 0 Å². The summed E-state index contributed by atoms with van der Waals surface area (Å²) in [6.07, 6.45) is 0. The van der Waals surface area contributed by atoms with Gasteiger partial charge in [0.15, 0.2) is 6.61 Å². The van der Waals surface area contributed by atoms with E-state index in [-0.39, 0.29) is 13.2 Å². The standard InChI is InChI=1S/C22H21ClN2O6/c1-13-8-21(28)31-19-9-16(6-7-17(13)19)30-12-20(27)25-18(11-26)22(29)24-10-14-2-4-15(23)5-3-14/h2-9,18,26H,10-12H2,1H3,(H,24,29)(H,25,27). The van der Waals surface area contributed by atoms with Crippen LogP contribution in [0.25, 0.3) is 11.0 Å². The molecule has 0 fully saturated rings. The zero-order valence-electron chi connectivity index (χ0n) is 16.7. The lowest BCUT2D eigenvalue weighted by atomic mass is 10.1. The molecule has 9 heteroatoms. The summed E-state index contributed by atoms with van der Waals surface area (Å²) in [6.45, 7) is 1.06. The third kappa shape index (κ3) is 6.07. The molecule has 8 nitrogen and oxygen atoms in total. The lowest BCUT2D eigenvalue weighted by molar-refractivity contribution is -0.131. The number of ether oxygens (including phenoxy) is 1. The van der Waals surface area contributed by atoms with E-state index in [1.54, 1.807) is 43.3 Å². The van der Waals surface area contributed by atoms with E-state index in [0.717, 1.165) is 16.5 Å². The Hall–Kier alpha value is -3.36. The molecule has 1 aromatic heterocycles. The van der Waals surface area contributed by atoms with Crippen molar-refractivity contribution in [3.8, 4) is 5.75 Å². The number of rotatable bonds is 8. The molecule has 31 heavy (non-hydrogen) atoms. The summed E-state index contributed by atoms with van der Waals surface area (Å²) < 4.78 is 10.6. The summed E-state index contributed by atoms with van der Waals surface area (Å²) in [5, 5.41) is 15.9. The second-order valence-electron chi connectivity index (χ2n) is 6.84. The normalized spacial score (nSPS) is 11.7. The summed E-state index contributed by atoms with van der Waals surface area (Å²) >= 11 is 5.82. The monoisotopic (exact) mass is 444 g/mol. The van der Waals surface area contributed by atoms with E-state index in [4.69, 9.17) is 20.8 Å². The maximum atomic E-state index is 12.2. The molecule has 0 saturated carbocycles. The number of aliphatic hydroxyl groups excluding tert-OH is 1. The van der Waals surface area contributed by atoms with Crippen molar-refractivity contribution in [1.29, 1.82) is 0 Å². The fourth-order valence-corrected chi connectivity index (χ4v) is 3.01. The lowest BCUT2D eigenvalue weighted by Gasteiger charge is -2.16. The number of carbonyl (C=O) groups is 2. The molecule has 0 bridgehead atoms. The maximum Gasteiger partial charge on any atom is 0.336 e. The van der Waals surface area contributed by atoms with E-state index in [2.05, 4.69) is 10.6 Å². The van der Waals surface area contributed by atoms with Crippen LogP contribution in [0.3, 0.4) is 0 Å². The van der Waals surface area contributed by atoms with E-state index in [0.29, 0.717) is 16.4 Å². The van der Waals surface area contributed by atoms with Crippen LogP contribution in [0.15, 0.2) is 57.7 Å². The highest BCUT2D eigenvalue weighted by atomic mass is 35.5. The van der Waals surface area contributed by atoms with Crippen LogP contribution >= 0.6 is 11.6 Å². The fourth-order valence-electron chi connectivity index (χ4n) is 2.89. The van der Waals surface area contributed by atoms with Crippen LogP contribution in [0.5, 0.6) is 5.75 Å². The van der Waals surface area contributed by atoms with Crippen LogP contribution in [0, 0.1) is 6.92 Å². The Morgan fingerprint density at radius 3 is 2.61 bits per heavy atom. The van der Waals surface area contributed by atoms with Crippen LogP contribution in [0.1, 0.15) is 11.1 Å². The first-order valence-corrected chi connectivity index (χ1v) is 9.83. The van der Waals surface area contributed by atoms with Gasteiger partial charge in [-0.3, -0.25) is 9.59 Å². The molecule has 162 valence electrons. The number of carbonyl (C=O) groups excluding carboxylic acids is 2. The quantitative estimate of drug-likeness (QED) is 0.457. The number of aliphatic hydroxyl groups is 1. The number of fused-ring (bicyclic) bond motifs is 1. The first-order chi connectivity index (χ1) is 14.9. The molecular weight excluding hydrogens is 424 g/mol. The molecule has 2 aromatic carbocycles. The van der Waals surface area contributed by atoms with Crippen LogP contribution < -0.4 is 21.0 Å². The number of halogens is 1. The van der Waals surface area contributed by atoms with Gasteiger partial charge in [-0.25, -0.2) is 4.79 Å². The van der Waals surface area contributed by atoms with E-state index < -0.39 is 30.1 Å². The minimum Gasteiger partial charge on any atom is -0.484 e. The predicted octanol–water partition coefficient (Wildman–Crippen LogP) is 1.93. The third-order valence-electron chi connectivity index (χ3n) is 4.51. The van der Waals surface area contributed by atoms with Gasteiger partial charge in [-0.15, -0.1) is 0 Å². The predicted molar refractivity (Wildman–Crippen MR) is 115 cm³/mol. The topological polar surface area (TPSA) is 118 Å². The van der Waals surface area contributed by atoms with Gasteiger partial charge in [0.25, 0.3) is 5.91 Å². The number of amides is 2. The molecule has 3 N–H and O–H groups in total. The molecule has 1 unspecified atom stereocenters. The van der Waals surface area contributed by atoms with Gasteiger partial charge in [0.05, 0.1) is 6.61 Å². The van der Waals surface area contributed by atoms with Crippen molar-refractivity contribution in [2.45, 2.75) is 19.5 Å². The molecular formula is C22H21ClN2O6. The van der Waals surface area contributed by atoms with E-state index >= 15 is 0 Å². The first kappa shape index (κ1) is 22.3. The Morgan fingerprint density at radius 1 is 1.16 bits per heavy atom. The minimum absolute atomic E-state index is 0.223. The summed E-state index contributed by atoms with van der Waals surface area (Å²) in [5.74, 6) is -0.802. The van der Waals surface area contributed by atoms with Gasteiger partial charge >= 0.3 is 5.63 Å². The van der Waals surface area contributed by atoms with Gasteiger partial charge in [0.1, 0.15) is 17.4 Å². The summed E-state index contributed by atoms with van der Waals surface area (Å²) in [6, 6.07) is 12.1. The molecule has 1 atom stereocenters. The van der Waals surface area contributed by atoms with Crippen LogP contribution in [0.2, 0.25) is 5.02 Å². The van der Waals surface area contributed by atoms with Crippen molar-refractivity contribution in [3.63, 3.8) is 0 Å². The molecule has 2 amide bonds. The average molecular weight is 445 g/mol. The molecule has 0 aliphatic carbocycles. The Labute approximate surface area is 182 Å². The molecule has 0 aliphatic rings. The van der Waals surface area contributed by atoms with Gasteiger partial charge in [-0.05, 0) is 42.3 Å². The van der Waals surface area contributed by atoms with Crippen LogP contribution in [-0.2, 0) is 16.1 Å². The molecule has 3 aromatic rings. The van der Waals surface area contributed by atoms with Gasteiger partial charge in [0.2, 0.25) is 5.91 Å². The Bertz CT molecular complexity index is 1140. The smallest absolute Gasteiger partial charge is 0.336 e. The van der Waals surface area contributed by atoms with E-state index in [1.165, 1.54) is 12.1 Å². The van der Waals surface area contributed by atoms with E-state index in [1.807, 2.05) is 0 Å². The van der Waals surface area contributed by atoms with Gasteiger partial charge in [-0.1, -0.05) is 23.7 Å². The highest BCUT2D eigenvalue weighted by Gasteiger charge is 2.20. The summed E-state index contributed by atoms with van der Waals surface area (Å²) in [4.78, 5) is 35.9. The number of aryl methyl sites for hydroxylation is 1. The number of nitrogens with one attached hydrogen (secondary N) is 2. The largest absolute Gasteiger partial charge is 0.484 e. The number of hydrogen-bond donors (Lipinski definition) is 3. The highest BCUT2D eigenvalue weighted by molar-refractivity contribution is 6.30. The number of benzene rings is 2. The van der Waals surface area contributed by atoms with E-state index in [9.17, 15) is 19.5 Å². The van der Waals surface area contributed by atoms with Crippen molar-refractivity contribution in [2.24, 2.45) is 0 Å². The molecule has 3 rings (SSSR count). The zero-order valence-corrected chi connectivity index (χ0v) is 17.4. The van der Waals surface area contributed by atoms with Crippen molar-refractivity contribution in [3.05, 3.63) is 75.1 Å². The van der Waals surface area contributed by atoms with Gasteiger partial charge in [0, 0.05) is 29.1 Å². The lowest BCUT2D eigenvalue weighted by Crippen LogP contribution is -2.49.